The zero-order valence-corrected chi connectivity index (χ0v) is 12.0. The number of amides is 1. The molecule has 0 aliphatic carbocycles. The molecule has 4 nitrogen and oxygen atoms in total. The molecule has 3 N–H and O–H groups in total. The van der Waals surface area contributed by atoms with Gasteiger partial charge in [-0.25, -0.2) is 0 Å². The topological polar surface area (TPSA) is 64.3 Å². The summed E-state index contributed by atoms with van der Waals surface area (Å²) in [7, 11) is 0. The molecule has 1 unspecified atom stereocenters. The van der Waals surface area contributed by atoms with E-state index >= 15 is 0 Å². The molecular weight excluding hydrogens is 240 g/mol. The van der Waals surface area contributed by atoms with Crippen molar-refractivity contribution in [1.29, 1.82) is 0 Å². The average molecular weight is 264 g/mol. The van der Waals surface area contributed by atoms with Gasteiger partial charge in [0.25, 0.3) is 0 Å². The van der Waals surface area contributed by atoms with Gasteiger partial charge in [-0.05, 0) is 31.9 Å². The fourth-order valence-electron chi connectivity index (χ4n) is 1.63. The standard InChI is InChI=1S/C15H24N2O2/c1-4-12(3)19-14-9-11(2)5-6-13(14)10-17-15(18)7-8-16/h5-6,9,12H,4,7-8,10,16H2,1-3H3,(H,17,18). The Hall–Kier alpha value is -1.55. The minimum atomic E-state index is -0.0300. The Kier molecular flexibility index (Phi) is 6.36. The summed E-state index contributed by atoms with van der Waals surface area (Å²) in [6.45, 7) is 7.00. The summed E-state index contributed by atoms with van der Waals surface area (Å²) in [5, 5.41) is 2.85. The van der Waals surface area contributed by atoms with E-state index in [9.17, 15) is 4.79 Å². The molecule has 1 rings (SSSR count). The SMILES string of the molecule is CCC(C)Oc1cc(C)ccc1CNC(=O)CCN. The fourth-order valence-corrected chi connectivity index (χ4v) is 1.63. The summed E-state index contributed by atoms with van der Waals surface area (Å²) in [5.74, 6) is 0.819. The quantitative estimate of drug-likeness (QED) is 0.793. The molecular formula is C15H24N2O2. The monoisotopic (exact) mass is 264 g/mol. The lowest BCUT2D eigenvalue weighted by Crippen LogP contribution is -2.25. The maximum absolute atomic E-state index is 11.4. The Balaban J connectivity index is 2.73. The van der Waals surface area contributed by atoms with E-state index in [4.69, 9.17) is 10.5 Å². The van der Waals surface area contributed by atoms with Crippen LogP contribution in [0.4, 0.5) is 0 Å². The molecule has 0 aliphatic heterocycles. The molecule has 0 bridgehead atoms. The second-order valence-corrected chi connectivity index (χ2v) is 4.76. The van der Waals surface area contributed by atoms with Crippen LogP contribution in [-0.2, 0) is 11.3 Å². The van der Waals surface area contributed by atoms with Crippen molar-refractivity contribution in [2.24, 2.45) is 5.73 Å². The summed E-state index contributed by atoms with van der Waals surface area (Å²) in [4.78, 5) is 11.4. The first-order chi connectivity index (χ1) is 9.06. The van der Waals surface area contributed by atoms with Gasteiger partial charge in [0.15, 0.2) is 0 Å². The third-order valence-corrected chi connectivity index (χ3v) is 2.97. The van der Waals surface area contributed by atoms with E-state index in [1.165, 1.54) is 0 Å². The predicted molar refractivity (Wildman–Crippen MR) is 77.1 cm³/mol. The summed E-state index contributed by atoms with van der Waals surface area (Å²) in [6, 6.07) is 6.03. The van der Waals surface area contributed by atoms with Crippen LogP contribution in [0.2, 0.25) is 0 Å². The number of nitrogens with two attached hydrogens (primary N) is 1. The number of ether oxygens (including phenoxy) is 1. The van der Waals surface area contributed by atoms with E-state index < -0.39 is 0 Å². The van der Waals surface area contributed by atoms with Gasteiger partial charge in [0.05, 0.1) is 6.10 Å². The number of benzene rings is 1. The van der Waals surface area contributed by atoms with E-state index in [0.29, 0.717) is 19.5 Å². The average Bonchev–Trinajstić information content (AvgIpc) is 2.38. The maximum Gasteiger partial charge on any atom is 0.221 e. The Labute approximate surface area is 115 Å². The summed E-state index contributed by atoms with van der Waals surface area (Å²) in [5.41, 5.74) is 7.49. The molecule has 0 saturated heterocycles. The first-order valence-electron chi connectivity index (χ1n) is 6.79. The summed E-state index contributed by atoms with van der Waals surface area (Å²) in [6.07, 6.45) is 1.47. The highest BCUT2D eigenvalue weighted by Gasteiger charge is 2.09. The van der Waals surface area contributed by atoms with Crippen molar-refractivity contribution in [2.75, 3.05) is 6.54 Å². The molecule has 0 spiro atoms. The predicted octanol–water partition coefficient (Wildman–Crippen LogP) is 2.14. The van der Waals surface area contributed by atoms with E-state index in [2.05, 4.69) is 12.2 Å². The van der Waals surface area contributed by atoms with Gasteiger partial charge in [-0.1, -0.05) is 19.1 Å². The molecule has 1 aromatic carbocycles. The van der Waals surface area contributed by atoms with Gasteiger partial charge in [-0.15, -0.1) is 0 Å². The van der Waals surface area contributed by atoms with Gasteiger partial charge in [0, 0.05) is 25.1 Å². The summed E-state index contributed by atoms with van der Waals surface area (Å²) >= 11 is 0. The zero-order chi connectivity index (χ0) is 14.3. The van der Waals surface area contributed by atoms with Crippen LogP contribution >= 0.6 is 0 Å². The molecule has 0 saturated carbocycles. The van der Waals surface area contributed by atoms with Crippen LogP contribution in [0.3, 0.4) is 0 Å². The van der Waals surface area contributed by atoms with E-state index in [1.54, 1.807) is 0 Å². The van der Waals surface area contributed by atoms with Gasteiger partial charge in [0.2, 0.25) is 5.91 Å². The van der Waals surface area contributed by atoms with E-state index in [-0.39, 0.29) is 12.0 Å². The lowest BCUT2D eigenvalue weighted by molar-refractivity contribution is -0.121. The maximum atomic E-state index is 11.4. The van der Waals surface area contributed by atoms with Crippen LogP contribution in [0.5, 0.6) is 5.75 Å². The van der Waals surface area contributed by atoms with Gasteiger partial charge < -0.3 is 15.8 Å². The van der Waals surface area contributed by atoms with Crippen LogP contribution in [0, 0.1) is 6.92 Å². The van der Waals surface area contributed by atoms with Crippen molar-refractivity contribution in [3.8, 4) is 5.75 Å². The molecule has 106 valence electrons. The van der Waals surface area contributed by atoms with E-state index in [0.717, 1.165) is 23.3 Å². The Morgan fingerprint density at radius 1 is 1.47 bits per heavy atom. The highest BCUT2D eigenvalue weighted by Crippen LogP contribution is 2.22. The minimum Gasteiger partial charge on any atom is -0.490 e. The number of rotatable bonds is 7. The van der Waals surface area contributed by atoms with Crippen molar-refractivity contribution >= 4 is 5.91 Å². The highest BCUT2D eigenvalue weighted by molar-refractivity contribution is 5.76. The number of hydrogen-bond donors (Lipinski definition) is 2. The van der Waals surface area contributed by atoms with Crippen molar-refractivity contribution < 1.29 is 9.53 Å². The van der Waals surface area contributed by atoms with Crippen molar-refractivity contribution in [1.82, 2.24) is 5.32 Å². The van der Waals surface area contributed by atoms with Crippen LogP contribution in [-0.4, -0.2) is 18.6 Å². The van der Waals surface area contributed by atoms with Gasteiger partial charge in [0.1, 0.15) is 5.75 Å². The lowest BCUT2D eigenvalue weighted by atomic mass is 10.1. The minimum absolute atomic E-state index is 0.0300. The molecule has 1 aromatic rings. The number of hydrogen-bond acceptors (Lipinski definition) is 3. The highest BCUT2D eigenvalue weighted by atomic mass is 16.5. The smallest absolute Gasteiger partial charge is 0.221 e. The Bertz CT molecular complexity index is 419. The van der Waals surface area contributed by atoms with Gasteiger partial charge in [-0.2, -0.15) is 0 Å². The second kappa shape index (κ2) is 7.79. The summed E-state index contributed by atoms with van der Waals surface area (Å²) < 4.78 is 5.89. The van der Waals surface area contributed by atoms with Crippen molar-refractivity contribution in [3.05, 3.63) is 29.3 Å². The number of nitrogens with one attached hydrogen (secondary N) is 1. The van der Waals surface area contributed by atoms with Crippen LogP contribution in [0.15, 0.2) is 18.2 Å². The Morgan fingerprint density at radius 2 is 2.21 bits per heavy atom. The van der Waals surface area contributed by atoms with Crippen LogP contribution in [0.25, 0.3) is 0 Å². The molecule has 0 fully saturated rings. The van der Waals surface area contributed by atoms with Crippen LogP contribution < -0.4 is 15.8 Å². The number of carbonyl (C=O) groups excluding carboxylic acids is 1. The van der Waals surface area contributed by atoms with Crippen LogP contribution in [0.1, 0.15) is 37.8 Å². The molecule has 0 aliphatic rings. The number of carbonyl (C=O) groups is 1. The largest absolute Gasteiger partial charge is 0.490 e. The number of aryl methyl sites for hydroxylation is 1. The van der Waals surface area contributed by atoms with E-state index in [1.807, 2.05) is 32.0 Å². The Morgan fingerprint density at radius 3 is 2.84 bits per heavy atom. The normalized spacial score (nSPS) is 12.0. The molecule has 1 amide bonds. The third-order valence-electron chi connectivity index (χ3n) is 2.97. The fraction of sp³-hybridized carbons (Fsp3) is 0.533. The van der Waals surface area contributed by atoms with Crippen molar-refractivity contribution in [2.45, 2.75) is 46.3 Å². The molecule has 0 aromatic heterocycles. The van der Waals surface area contributed by atoms with Crippen molar-refractivity contribution in [3.63, 3.8) is 0 Å². The first kappa shape index (κ1) is 15.5. The lowest BCUT2D eigenvalue weighted by Gasteiger charge is -2.17. The van der Waals surface area contributed by atoms with Gasteiger partial charge >= 0.3 is 0 Å². The second-order valence-electron chi connectivity index (χ2n) is 4.76. The first-order valence-corrected chi connectivity index (χ1v) is 6.79. The third kappa shape index (κ3) is 5.30. The van der Waals surface area contributed by atoms with Gasteiger partial charge in [-0.3, -0.25) is 4.79 Å². The molecule has 0 heterocycles. The molecule has 0 radical (unpaired) electrons. The molecule has 1 atom stereocenters. The molecule has 4 heteroatoms. The zero-order valence-electron chi connectivity index (χ0n) is 12.0. The molecule has 19 heavy (non-hydrogen) atoms.